The van der Waals surface area contributed by atoms with E-state index in [1.807, 2.05) is 0 Å². The van der Waals surface area contributed by atoms with Gasteiger partial charge in [0.1, 0.15) is 0 Å². The normalized spacial score (nSPS) is 10.6. The second-order valence-corrected chi connectivity index (χ2v) is 2.66. The van der Waals surface area contributed by atoms with Crippen molar-refractivity contribution in [3.63, 3.8) is 0 Å². The van der Waals surface area contributed by atoms with Crippen LogP contribution in [0.15, 0.2) is 0 Å². The van der Waals surface area contributed by atoms with Crippen LogP contribution in [0.4, 0.5) is 0 Å². The minimum Gasteiger partial charge on any atom is -0.466 e. The first kappa shape index (κ1) is 13.4. The molecule has 0 unspecified atom stereocenters. The van der Waals surface area contributed by atoms with Gasteiger partial charge in [0.05, 0.1) is 13.0 Å². The predicted molar refractivity (Wildman–Crippen MR) is 51.9 cm³/mol. The third-order valence-electron chi connectivity index (χ3n) is 1.65. The van der Waals surface area contributed by atoms with Crippen molar-refractivity contribution in [1.29, 1.82) is 0 Å². The molecular weight excluding hydrogens is 186 g/mol. The number of esters is 1. The summed E-state index contributed by atoms with van der Waals surface area (Å²) in [5.74, 6) is -0.189. The van der Waals surface area contributed by atoms with E-state index in [9.17, 15) is 4.79 Å². The smallest absolute Gasteiger partial charge is 0.307 e. The van der Waals surface area contributed by atoms with Crippen LogP contribution < -0.4 is 5.32 Å². The summed E-state index contributed by atoms with van der Waals surface area (Å²) in [4.78, 5) is 10.9. The number of methoxy groups -OCH3 is 2. The second kappa shape index (κ2) is 8.93. The minimum atomic E-state index is -0.266. The van der Waals surface area contributed by atoms with Crippen LogP contribution >= 0.6 is 0 Å². The molecular formula is C9H19NO4. The van der Waals surface area contributed by atoms with Crippen LogP contribution in [0.25, 0.3) is 0 Å². The standard InChI is InChI=1S/C9H19NO4/c1-4-14-8(11)5-6-10-7-9(12-2)13-3/h9-10H,4-7H2,1-3H3. The number of carbonyl (C=O) groups excluding carboxylic acids is 1. The summed E-state index contributed by atoms with van der Waals surface area (Å²) in [5, 5.41) is 3.03. The lowest BCUT2D eigenvalue weighted by atomic mass is 10.4. The van der Waals surface area contributed by atoms with Crippen molar-refractivity contribution in [3.8, 4) is 0 Å². The van der Waals surface area contributed by atoms with Gasteiger partial charge < -0.3 is 19.5 Å². The fourth-order valence-electron chi connectivity index (χ4n) is 0.906. The Kier molecular flexibility index (Phi) is 8.51. The molecule has 0 saturated heterocycles. The zero-order valence-corrected chi connectivity index (χ0v) is 9.04. The summed E-state index contributed by atoms with van der Waals surface area (Å²) in [6.45, 7) is 3.35. The minimum absolute atomic E-state index is 0.189. The SMILES string of the molecule is CCOC(=O)CCNCC(OC)OC. The van der Waals surface area contributed by atoms with Crippen LogP contribution in [0, 0.1) is 0 Å². The number of hydrogen-bond donors (Lipinski definition) is 1. The Morgan fingerprint density at radius 1 is 1.36 bits per heavy atom. The molecule has 0 aliphatic carbocycles. The molecule has 0 aromatic carbocycles. The molecule has 0 heterocycles. The fourth-order valence-corrected chi connectivity index (χ4v) is 0.906. The van der Waals surface area contributed by atoms with Gasteiger partial charge in [-0.3, -0.25) is 4.79 Å². The van der Waals surface area contributed by atoms with Gasteiger partial charge in [0, 0.05) is 27.3 Å². The highest BCUT2D eigenvalue weighted by molar-refractivity contribution is 5.69. The summed E-state index contributed by atoms with van der Waals surface area (Å²) in [5.41, 5.74) is 0. The average Bonchev–Trinajstić information content (AvgIpc) is 2.19. The average molecular weight is 205 g/mol. The first-order chi connectivity index (χ1) is 6.74. The number of carbonyl (C=O) groups is 1. The lowest BCUT2D eigenvalue weighted by Crippen LogP contribution is -2.31. The van der Waals surface area contributed by atoms with Crippen LogP contribution in [-0.4, -0.2) is 46.2 Å². The Balaban J connectivity index is 3.32. The molecule has 5 heteroatoms. The topological polar surface area (TPSA) is 56.8 Å². The number of ether oxygens (including phenoxy) is 3. The molecule has 0 aromatic heterocycles. The molecule has 0 amide bonds. The highest BCUT2D eigenvalue weighted by Gasteiger charge is 2.05. The molecule has 0 spiro atoms. The lowest BCUT2D eigenvalue weighted by Gasteiger charge is -2.13. The number of hydrogen-bond acceptors (Lipinski definition) is 5. The molecule has 14 heavy (non-hydrogen) atoms. The summed E-state index contributed by atoms with van der Waals surface area (Å²) in [6, 6.07) is 0. The lowest BCUT2D eigenvalue weighted by molar-refractivity contribution is -0.143. The number of nitrogens with one attached hydrogen (secondary N) is 1. The molecule has 0 rings (SSSR count). The van der Waals surface area contributed by atoms with Gasteiger partial charge in [0.2, 0.25) is 0 Å². The zero-order valence-electron chi connectivity index (χ0n) is 9.04. The molecule has 84 valence electrons. The molecule has 0 aliphatic rings. The third kappa shape index (κ3) is 6.82. The zero-order chi connectivity index (χ0) is 10.8. The van der Waals surface area contributed by atoms with E-state index in [1.165, 1.54) is 0 Å². The first-order valence-corrected chi connectivity index (χ1v) is 4.66. The Morgan fingerprint density at radius 2 is 2.00 bits per heavy atom. The van der Waals surface area contributed by atoms with Gasteiger partial charge in [-0.15, -0.1) is 0 Å². The van der Waals surface area contributed by atoms with Crippen LogP contribution in [0.5, 0.6) is 0 Å². The van der Waals surface area contributed by atoms with E-state index < -0.39 is 0 Å². The van der Waals surface area contributed by atoms with Gasteiger partial charge in [-0.2, -0.15) is 0 Å². The Hall–Kier alpha value is -0.650. The van der Waals surface area contributed by atoms with Crippen LogP contribution in [-0.2, 0) is 19.0 Å². The maximum atomic E-state index is 10.9. The largest absolute Gasteiger partial charge is 0.466 e. The Labute approximate surface area is 84.7 Å². The van der Waals surface area contributed by atoms with Crippen molar-refractivity contribution in [1.82, 2.24) is 5.32 Å². The highest BCUT2D eigenvalue weighted by Crippen LogP contribution is 1.88. The predicted octanol–water partition coefficient (Wildman–Crippen LogP) is 0.148. The van der Waals surface area contributed by atoms with E-state index in [0.29, 0.717) is 26.1 Å². The molecule has 0 fully saturated rings. The van der Waals surface area contributed by atoms with Gasteiger partial charge in [-0.05, 0) is 6.92 Å². The summed E-state index contributed by atoms with van der Waals surface area (Å²) >= 11 is 0. The van der Waals surface area contributed by atoms with Gasteiger partial charge >= 0.3 is 5.97 Å². The van der Waals surface area contributed by atoms with Crippen LogP contribution in [0.1, 0.15) is 13.3 Å². The van der Waals surface area contributed by atoms with E-state index in [1.54, 1.807) is 21.1 Å². The van der Waals surface area contributed by atoms with Gasteiger partial charge in [0.15, 0.2) is 6.29 Å². The van der Waals surface area contributed by atoms with E-state index in [0.717, 1.165) is 0 Å². The van der Waals surface area contributed by atoms with Crippen molar-refractivity contribution >= 4 is 5.97 Å². The summed E-state index contributed by atoms with van der Waals surface area (Å²) in [7, 11) is 3.14. The monoisotopic (exact) mass is 205 g/mol. The van der Waals surface area contributed by atoms with E-state index in [2.05, 4.69) is 5.32 Å². The van der Waals surface area contributed by atoms with Gasteiger partial charge in [0.25, 0.3) is 0 Å². The molecule has 0 aromatic rings. The molecule has 0 atom stereocenters. The van der Waals surface area contributed by atoms with Crippen molar-refractivity contribution in [2.75, 3.05) is 33.9 Å². The van der Waals surface area contributed by atoms with E-state index >= 15 is 0 Å². The van der Waals surface area contributed by atoms with Gasteiger partial charge in [-0.25, -0.2) is 0 Å². The molecule has 1 N–H and O–H groups in total. The first-order valence-electron chi connectivity index (χ1n) is 4.66. The summed E-state index contributed by atoms with van der Waals surface area (Å²) in [6.07, 6.45) is 0.103. The van der Waals surface area contributed by atoms with Crippen molar-refractivity contribution < 1.29 is 19.0 Å². The third-order valence-corrected chi connectivity index (χ3v) is 1.65. The molecule has 0 bridgehead atoms. The van der Waals surface area contributed by atoms with Gasteiger partial charge in [-0.1, -0.05) is 0 Å². The Morgan fingerprint density at radius 3 is 2.50 bits per heavy atom. The maximum absolute atomic E-state index is 10.9. The van der Waals surface area contributed by atoms with Crippen molar-refractivity contribution in [3.05, 3.63) is 0 Å². The second-order valence-electron chi connectivity index (χ2n) is 2.66. The number of rotatable bonds is 8. The highest BCUT2D eigenvalue weighted by atomic mass is 16.7. The molecule has 0 radical (unpaired) electrons. The van der Waals surface area contributed by atoms with E-state index in [4.69, 9.17) is 14.2 Å². The molecule has 0 saturated carbocycles. The Bertz CT molecular complexity index is 148. The molecule has 0 aliphatic heterocycles. The van der Waals surface area contributed by atoms with E-state index in [-0.39, 0.29) is 12.3 Å². The van der Waals surface area contributed by atoms with Crippen molar-refractivity contribution in [2.45, 2.75) is 19.6 Å². The van der Waals surface area contributed by atoms with Crippen LogP contribution in [0.2, 0.25) is 0 Å². The summed E-state index contributed by atoms with van der Waals surface area (Å²) < 4.78 is 14.7. The van der Waals surface area contributed by atoms with Crippen LogP contribution in [0.3, 0.4) is 0 Å². The fraction of sp³-hybridized carbons (Fsp3) is 0.889. The quantitative estimate of drug-likeness (QED) is 0.347. The maximum Gasteiger partial charge on any atom is 0.307 e. The van der Waals surface area contributed by atoms with Crippen molar-refractivity contribution in [2.24, 2.45) is 0 Å². The molecule has 5 nitrogen and oxygen atoms in total.